The van der Waals surface area contributed by atoms with E-state index in [0.717, 1.165) is 24.1 Å². The molecule has 4 rings (SSSR count). The van der Waals surface area contributed by atoms with Crippen molar-refractivity contribution < 1.29 is 22.7 Å². The minimum absolute atomic E-state index is 0.121. The van der Waals surface area contributed by atoms with Crippen LogP contribution in [0.2, 0.25) is 0 Å². The van der Waals surface area contributed by atoms with Crippen molar-refractivity contribution in [3.05, 3.63) is 53.1 Å². The molecule has 7 nitrogen and oxygen atoms in total. The van der Waals surface area contributed by atoms with Crippen LogP contribution in [0.3, 0.4) is 0 Å². The minimum atomic E-state index is -3.86. The maximum atomic E-state index is 13.0. The first kappa shape index (κ1) is 20.4. The number of nitrogens with one attached hydrogen (secondary N) is 1. The summed E-state index contributed by atoms with van der Waals surface area (Å²) in [6.45, 7) is 4.22. The Hall–Kier alpha value is -2.87. The lowest BCUT2D eigenvalue weighted by atomic mass is 10.1. The molecule has 8 heteroatoms. The largest absolute Gasteiger partial charge is 0.462 e. The van der Waals surface area contributed by atoms with Gasteiger partial charge in [-0.1, -0.05) is 6.07 Å². The van der Waals surface area contributed by atoms with E-state index in [0.29, 0.717) is 29.8 Å². The topological polar surface area (TPSA) is 92.8 Å². The number of carbonyl (C=O) groups is 2. The Bertz CT molecular complexity index is 1120. The Balaban J connectivity index is 1.59. The van der Waals surface area contributed by atoms with Crippen LogP contribution in [0.5, 0.6) is 0 Å². The molecule has 1 fully saturated rings. The van der Waals surface area contributed by atoms with Gasteiger partial charge in [0.25, 0.3) is 10.0 Å². The van der Waals surface area contributed by atoms with Crippen molar-refractivity contribution >= 4 is 33.3 Å². The fraction of sp³-hybridized carbons (Fsp3) is 0.364. The highest BCUT2D eigenvalue weighted by Crippen LogP contribution is 2.37. The number of ether oxygens (including phenoxy) is 1. The van der Waals surface area contributed by atoms with Crippen molar-refractivity contribution in [3.8, 4) is 0 Å². The Morgan fingerprint density at radius 1 is 1.20 bits per heavy atom. The number of carbonyl (C=O) groups excluding carboxylic acids is 2. The van der Waals surface area contributed by atoms with Gasteiger partial charge in [0.05, 0.1) is 22.8 Å². The van der Waals surface area contributed by atoms with Gasteiger partial charge in [-0.15, -0.1) is 0 Å². The Labute approximate surface area is 176 Å². The first-order valence-corrected chi connectivity index (χ1v) is 11.5. The molecular weight excluding hydrogens is 404 g/mol. The van der Waals surface area contributed by atoms with Gasteiger partial charge in [-0.3, -0.25) is 9.52 Å². The molecule has 0 bridgehead atoms. The highest BCUT2D eigenvalue weighted by Gasteiger charge is 2.36. The Kier molecular flexibility index (Phi) is 5.27. The SMILES string of the molecule is CCOC(=O)c1cccc(NS(=O)(=O)c2ccc3c(c2)CCN3C(=O)C2CC2)c1C. The zero-order chi connectivity index (χ0) is 21.5. The third-order valence-corrected chi connectivity index (χ3v) is 6.89. The molecule has 0 spiro atoms. The van der Waals surface area contributed by atoms with Gasteiger partial charge in [-0.25, -0.2) is 13.2 Å². The molecule has 158 valence electrons. The van der Waals surface area contributed by atoms with Gasteiger partial charge in [0.15, 0.2) is 0 Å². The summed E-state index contributed by atoms with van der Waals surface area (Å²) < 4.78 is 33.6. The zero-order valence-corrected chi connectivity index (χ0v) is 17.8. The van der Waals surface area contributed by atoms with E-state index in [1.807, 2.05) is 0 Å². The van der Waals surface area contributed by atoms with Crippen LogP contribution in [-0.4, -0.2) is 33.4 Å². The van der Waals surface area contributed by atoms with Gasteiger partial charge >= 0.3 is 5.97 Å². The maximum absolute atomic E-state index is 13.0. The summed E-state index contributed by atoms with van der Waals surface area (Å²) in [7, 11) is -3.86. The third-order valence-electron chi connectivity index (χ3n) is 5.52. The van der Waals surface area contributed by atoms with E-state index in [1.165, 1.54) is 6.07 Å². The van der Waals surface area contributed by atoms with Gasteiger partial charge in [0, 0.05) is 18.2 Å². The predicted octanol–water partition coefficient (Wildman–Crippen LogP) is 3.27. The summed E-state index contributed by atoms with van der Waals surface area (Å²) in [5.41, 5.74) is 2.80. The van der Waals surface area contributed by atoms with Gasteiger partial charge in [-0.2, -0.15) is 0 Å². The number of anilines is 2. The fourth-order valence-corrected chi connectivity index (χ4v) is 4.88. The fourth-order valence-electron chi connectivity index (χ4n) is 3.70. The normalized spacial score (nSPS) is 15.6. The molecule has 2 aromatic rings. The minimum Gasteiger partial charge on any atom is -0.462 e. The first-order chi connectivity index (χ1) is 14.3. The highest BCUT2D eigenvalue weighted by molar-refractivity contribution is 7.92. The molecule has 1 amide bonds. The van der Waals surface area contributed by atoms with Gasteiger partial charge < -0.3 is 9.64 Å². The molecule has 0 saturated heterocycles. The van der Waals surface area contributed by atoms with Crippen LogP contribution in [0.1, 0.15) is 41.3 Å². The molecular formula is C22H24N2O5S. The molecule has 1 aliphatic carbocycles. The maximum Gasteiger partial charge on any atom is 0.338 e. The van der Waals surface area contributed by atoms with E-state index in [-0.39, 0.29) is 23.3 Å². The van der Waals surface area contributed by atoms with E-state index in [2.05, 4.69) is 4.72 Å². The van der Waals surface area contributed by atoms with Crippen LogP contribution in [-0.2, 0) is 26.0 Å². The number of fused-ring (bicyclic) bond motifs is 1. The van der Waals surface area contributed by atoms with Crippen LogP contribution in [0.15, 0.2) is 41.3 Å². The molecule has 0 unspecified atom stereocenters. The second kappa shape index (κ2) is 7.75. The summed E-state index contributed by atoms with van der Waals surface area (Å²) in [6, 6.07) is 9.68. The first-order valence-electron chi connectivity index (χ1n) is 10.1. The number of nitrogens with zero attached hydrogens (tertiary/aromatic N) is 1. The van der Waals surface area contributed by atoms with Gasteiger partial charge in [0.1, 0.15) is 0 Å². The van der Waals surface area contributed by atoms with Crippen LogP contribution in [0.25, 0.3) is 0 Å². The molecule has 30 heavy (non-hydrogen) atoms. The van der Waals surface area contributed by atoms with Crippen LogP contribution in [0.4, 0.5) is 11.4 Å². The molecule has 2 aliphatic rings. The molecule has 1 saturated carbocycles. The molecule has 1 N–H and O–H groups in total. The van der Waals surface area contributed by atoms with Crippen molar-refractivity contribution in [2.24, 2.45) is 5.92 Å². The summed E-state index contributed by atoms with van der Waals surface area (Å²) in [5, 5.41) is 0. The number of benzene rings is 2. The van der Waals surface area contributed by atoms with E-state index >= 15 is 0 Å². The molecule has 2 aromatic carbocycles. The average Bonchev–Trinajstić information content (AvgIpc) is 3.48. The monoisotopic (exact) mass is 428 g/mol. The third kappa shape index (κ3) is 3.79. The molecule has 0 radical (unpaired) electrons. The Morgan fingerprint density at radius 2 is 1.97 bits per heavy atom. The van der Waals surface area contributed by atoms with Crippen molar-refractivity contribution in [2.45, 2.75) is 38.0 Å². The summed E-state index contributed by atoms with van der Waals surface area (Å²) in [4.78, 5) is 26.4. The molecule has 1 heterocycles. The van der Waals surface area contributed by atoms with Crippen molar-refractivity contribution in [1.29, 1.82) is 0 Å². The van der Waals surface area contributed by atoms with Crippen LogP contribution in [0, 0.1) is 12.8 Å². The van der Waals surface area contributed by atoms with E-state index in [1.54, 1.807) is 49.1 Å². The van der Waals surface area contributed by atoms with Gasteiger partial charge in [0.2, 0.25) is 5.91 Å². The standard InChI is InChI=1S/C22H24N2O5S/c1-3-29-22(26)18-5-4-6-19(14(18)2)23-30(27,28)17-9-10-20-16(13-17)11-12-24(20)21(25)15-7-8-15/h4-6,9-10,13,15,23H,3,7-8,11-12H2,1-2H3. The van der Waals surface area contributed by atoms with E-state index in [4.69, 9.17) is 4.74 Å². The number of hydrogen-bond donors (Lipinski definition) is 1. The summed E-state index contributed by atoms with van der Waals surface area (Å²) in [6.07, 6.45) is 2.51. The zero-order valence-electron chi connectivity index (χ0n) is 17.0. The van der Waals surface area contributed by atoms with Crippen LogP contribution < -0.4 is 9.62 Å². The lowest BCUT2D eigenvalue weighted by Gasteiger charge is -2.17. The second-order valence-electron chi connectivity index (χ2n) is 7.61. The summed E-state index contributed by atoms with van der Waals surface area (Å²) in [5.74, 6) is -0.237. The smallest absolute Gasteiger partial charge is 0.338 e. The number of rotatable bonds is 6. The molecule has 0 aromatic heterocycles. The van der Waals surface area contributed by atoms with Crippen molar-refractivity contribution in [1.82, 2.24) is 0 Å². The van der Waals surface area contributed by atoms with Crippen LogP contribution >= 0.6 is 0 Å². The number of hydrogen-bond acceptors (Lipinski definition) is 5. The number of esters is 1. The second-order valence-corrected chi connectivity index (χ2v) is 9.29. The quantitative estimate of drug-likeness (QED) is 0.713. The van der Waals surface area contributed by atoms with Crippen molar-refractivity contribution in [3.63, 3.8) is 0 Å². The summed E-state index contributed by atoms with van der Waals surface area (Å²) >= 11 is 0. The van der Waals surface area contributed by atoms with E-state index < -0.39 is 16.0 Å². The highest BCUT2D eigenvalue weighted by atomic mass is 32.2. The molecule has 0 atom stereocenters. The predicted molar refractivity (Wildman–Crippen MR) is 113 cm³/mol. The average molecular weight is 429 g/mol. The van der Waals surface area contributed by atoms with E-state index in [9.17, 15) is 18.0 Å². The van der Waals surface area contributed by atoms with Gasteiger partial charge in [-0.05, 0) is 74.6 Å². The lowest BCUT2D eigenvalue weighted by molar-refractivity contribution is -0.119. The van der Waals surface area contributed by atoms with Crippen molar-refractivity contribution in [2.75, 3.05) is 22.8 Å². The molecule has 1 aliphatic heterocycles. The number of sulfonamides is 1. The lowest BCUT2D eigenvalue weighted by Crippen LogP contribution is -2.30. The number of amides is 1. The Morgan fingerprint density at radius 3 is 2.67 bits per heavy atom.